The Morgan fingerprint density at radius 3 is 3.19 bits per heavy atom. The van der Waals surface area contributed by atoms with Crippen LogP contribution in [0.5, 0.6) is 0 Å². The van der Waals surface area contributed by atoms with Crippen LogP contribution in [0.4, 0.5) is 0 Å². The number of ether oxygens (including phenoxy) is 1. The molecule has 0 aromatic carbocycles. The molecule has 1 unspecified atom stereocenters. The molecule has 6 heteroatoms. The van der Waals surface area contributed by atoms with Gasteiger partial charge in [-0.2, -0.15) is 9.61 Å². The Balaban J connectivity index is 2.05. The quantitative estimate of drug-likeness (QED) is 0.736. The van der Waals surface area contributed by atoms with Gasteiger partial charge < -0.3 is 10.1 Å². The zero-order valence-corrected chi connectivity index (χ0v) is 9.05. The number of hydrogen-bond acceptors (Lipinski definition) is 5. The number of hydrogen-bond donors (Lipinski definition) is 1. The fourth-order valence-corrected chi connectivity index (χ4v) is 1.85. The molecule has 0 bridgehead atoms. The average Bonchev–Trinajstić information content (AvgIpc) is 2.73. The van der Waals surface area contributed by atoms with Crippen molar-refractivity contribution in [3.05, 3.63) is 23.7 Å². The first-order valence-electron chi connectivity index (χ1n) is 5.35. The van der Waals surface area contributed by atoms with Gasteiger partial charge in [0.25, 0.3) is 0 Å². The molecule has 0 radical (unpaired) electrons. The fourth-order valence-electron chi connectivity index (χ4n) is 1.85. The first-order valence-corrected chi connectivity index (χ1v) is 5.35. The van der Waals surface area contributed by atoms with Crippen LogP contribution in [0.3, 0.4) is 0 Å². The van der Waals surface area contributed by atoms with Crippen LogP contribution in [0.15, 0.2) is 12.1 Å². The number of fused-ring (bicyclic) bond motifs is 1. The van der Waals surface area contributed by atoms with E-state index in [1.54, 1.807) is 4.52 Å². The molecule has 1 fully saturated rings. The summed E-state index contributed by atoms with van der Waals surface area (Å²) < 4.78 is 7.19. The zero-order valence-electron chi connectivity index (χ0n) is 9.05. The molecule has 0 aliphatic carbocycles. The van der Waals surface area contributed by atoms with Crippen LogP contribution in [0.2, 0.25) is 0 Å². The third-order valence-electron chi connectivity index (χ3n) is 2.65. The Labute approximate surface area is 92.6 Å². The van der Waals surface area contributed by atoms with Crippen molar-refractivity contribution < 1.29 is 4.74 Å². The zero-order chi connectivity index (χ0) is 11.0. The van der Waals surface area contributed by atoms with Crippen molar-refractivity contribution in [2.45, 2.75) is 13.0 Å². The summed E-state index contributed by atoms with van der Waals surface area (Å²) in [5.41, 5.74) is 1.72. The Bertz CT molecular complexity index is 503. The Morgan fingerprint density at radius 1 is 1.44 bits per heavy atom. The van der Waals surface area contributed by atoms with Gasteiger partial charge in [0, 0.05) is 6.54 Å². The highest BCUT2D eigenvalue weighted by molar-refractivity contribution is 5.36. The van der Waals surface area contributed by atoms with E-state index in [4.69, 9.17) is 4.74 Å². The maximum atomic E-state index is 5.41. The second-order valence-electron chi connectivity index (χ2n) is 3.88. The molecule has 2 aromatic rings. The number of nitrogens with one attached hydrogen (secondary N) is 1. The minimum atomic E-state index is 0.0815. The van der Waals surface area contributed by atoms with Gasteiger partial charge in [-0.05, 0) is 19.1 Å². The molecule has 1 saturated heterocycles. The maximum absolute atomic E-state index is 5.41. The molecule has 0 amide bonds. The van der Waals surface area contributed by atoms with Crippen LogP contribution in [-0.2, 0) is 4.74 Å². The maximum Gasteiger partial charge on any atom is 0.177 e. The Kier molecular flexibility index (Phi) is 2.30. The van der Waals surface area contributed by atoms with Crippen molar-refractivity contribution in [2.75, 3.05) is 19.8 Å². The summed E-state index contributed by atoms with van der Waals surface area (Å²) in [7, 11) is 0. The molecule has 0 spiro atoms. The van der Waals surface area contributed by atoms with E-state index < -0.39 is 0 Å². The van der Waals surface area contributed by atoms with Gasteiger partial charge in [-0.15, -0.1) is 10.2 Å². The monoisotopic (exact) mass is 219 g/mol. The summed E-state index contributed by atoms with van der Waals surface area (Å²) in [5.74, 6) is 0.818. The summed E-state index contributed by atoms with van der Waals surface area (Å²) >= 11 is 0. The predicted molar refractivity (Wildman–Crippen MR) is 57.1 cm³/mol. The normalized spacial score (nSPS) is 21.4. The van der Waals surface area contributed by atoms with Gasteiger partial charge in [0.2, 0.25) is 0 Å². The molecule has 0 saturated carbocycles. The number of morpholine rings is 1. The van der Waals surface area contributed by atoms with E-state index >= 15 is 0 Å². The molecule has 3 heterocycles. The predicted octanol–water partition coefficient (Wildman–Crippen LogP) is 0.0936. The number of aromatic nitrogens is 4. The highest BCUT2D eigenvalue weighted by Crippen LogP contribution is 2.14. The fraction of sp³-hybridized carbons (Fsp3) is 0.500. The summed E-state index contributed by atoms with van der Waals surface area (Å²) in [5, 5.41) is 16.0. The van der Waals surface area contributed by atoms with E-state index in [1.807, 2.05) is 19.1 Å². The van der Waals surface area contributed by atoms with E-state index in [0.717, 1.165) is 30.3 Å². The number of nitrogens with zero attached hydrogens (tertiary/aromatic N) is 4. The van der Waals surface area contributed by atoms with Gasteiger partial charge in [0.1, 0.15) is 0 Å². The molecule has 2 aromatic heterocycles. The molecule has 84 valence electrons. The van der Waals surface area contributed by atoms with Gasteiger partial charge in [-0.3, -0.25) is 0 Å². The highest BCUT2D eigenvalue weighted by Gasteiger charge is 2.21. The van der Waals surface area contributed by atoms with E-state index in [1.165, 1.54) is 0 Å². The van der Waals surface area contributed by atoms with Crippen molar-refractivity contribution >= 4 is 5.65 Å². The molecular formula is C10H13N5O. The van der Waals surface area contributed by atoms with Crippen LogP contribution >= 0.6 is 0 Å². The van der Waals surface area contributed by atoms with Gasteiger partial charge in [0.15, 0.2) is 11.5 Å². The van der Waals surface area contributed by atoms with Crippen molar-refractivity contribution in [3.8, 4) is 0 Å². The molecular weight excluding hydrogens is 206 g/mol. The van der Waals surface area contributed by atoms with Gasteiger partial charge >= 0.3 is 0 Å². The number of rotatable bonds is 1. The standard InChI is InChI=1S/C10H13N5O/c1-7-2-3-9-12-13-10(15(9)14-7)8-6-16-5-4-11-8/h2-3,8,11H,4-6H2,1H3. The summed E-state index contributed by atoms with van der Waals surface area (Å²) in [6, 6.07) is 3.93. The lowest BCUT2D eigenvalue weighted by Gasteiger charge is -2.21. The van der Waals surface area contributed by atoms with E-state index in [0.29, 0.717) is 6.61 Å². The molecule has 16 heavy (non-hydrogen) atoms. The lowest BCUT2D eigenvalue weighted by molar-refractivity contribution is 0.0735. The SMILES string of the molecule is Cc1ccc2nnc(C3COCCN3)n2n1. The molecule has 1 N–H and O–H groups in total. The highest BCUT2D eigenvalue weighted by atomic mass is 16.5. The largest absolute Gasteiger partial charge is 0.378 e. The Hall–Kier alpha value is -1.53. The number of aryl methyl sites for hydroxylation is 1. The average molecular weight is 219 g/mol. The van der Waals surface area contributed by atoms with Crippen LogP contribution in [0.25, 0.3) is 5.65 Å². The molecule has 3 rings (SSSR count). The minimum absolute atomic E-state index is 0.0815. The molecule has 1 atom stereocenters. The lowest BCUT2D eigenvalue weighted by Crippen LogP contribution is -2.35. The minimum Gasteiger partial charge on any atom is -0.378 e. The van der Waals surface area contributed by atoms with E-state index in [9.17, 15) is 0 Å². The first-order chi connectivity index (χ1) is 7.84. The summed E-state index contributed by atoms with van der Waals surface area (Å²) in [6.45, 7) is 4.16. The van der Waals surface area contributed by atoms with Crippen molar-refractivity contribution in [1.82, 2.24) is 25.1 Å². The second-order valence-corrected chi connectivity index (χ2v) is 3.88. The van der Waals surface area contributed by atoms with Gasteiger partial charge in [0.05, 0.1) is 24.9 Å². The topological polar surface area (TPSA) is 64.3 Å². The van der Waals surface area contributed by atoms with Crippen LogP contribution in [-0.4, -0.2) is 39.6 Å². The van der Waals surface area contributed by atoms with Crippen LogP contribution < -0.4 is 5.32 Å². The van der Waals surface area contributed by atoms with Crippen molar-refractivity contribution in [3.63, 3.8) is 0 Å². The van der Waals surface area contributed by atoms with Gasteiger partial charge in [-0.25, -0.2) is 0 Å². The molecule has 6 nitrogen and oxygen atoms in total. The van der Waals surface area contributed by atoms with Crippen molar-refractivity contribution in [2.24, 2.45) is 0 Å². The molecule has 1 aliphatic rings. The summed E-state index contributed by atoms with van der Waals surface area (Å²) in [6.07, 6.45) is 0. The third-order valence-corrected chi connectivity index (χ3v) is 2.65. The smallest absolute Gasteiger partial charge is 0.177 e. The first kappa shape index (κ1) is 9.68. The van der Waals surface area contributed by atoms with Crippen LogP contribution in [0.1, 0.15) is 17.6 Å². The van der Waals surface area contributed by atoms with E-state index in [2.05, 4.69) is 20.6 Å². The van der Waals surface area contributed by atoms with Crippen molar-refractivity contribution in [1.29, 1.82) is 0 Å². The van der Waals surface area contributed by atoms with E-state index in [-0.39, 0.29) is 6.04 Å². The van der Waals surface area contributed by atoms with Gasteiger partial charge in [-0.1, -0.05) is 0 Å². The Morgan fingerprint density at radius 2 is 2.38 bits per heavy atom. The van der Waals surface area contributed by atoms with Crippen LogP contribution in [0, 0.1) is 6.92 Å². The molecule has 1 aliphatic heterocycles. The third kappa shape index (κ3) is 1.56. The summed E-state index contributed by atoms with van der Waals surface area (Å²) in [4.78, 5) is 0. The second kappa shape index (κ2) is 3.80. The lowest BCUT2D eigenvalue weighted by atomic mass is 10.2.